The minimum absolute atomic E-state index is 0.128. The van der Waals surface area contributed by atoms with Gasteiger partial charge < -0.3 is 0 Å². The van der Waals surface area contributed by atoms with Crippen molar-refractivity contribution >= 4 is 21.6 Å². The van der Waals surface area contributed by atoms with E-state index in [0.717, 1.165) is 6.42 Å². The highest BCUT2D eigenvalue weighted by Crippen LogP contribution is 2.13. The first-order chi connectivity index (χ1) is 5.70. The molecule has 0 aliphatic heterocycles. The third kappa shape index (κ3) is 4.29. The lowest BCUT2D eigenvalue weighted by Gasteiger charge is -2.20. The van der Waals surface area contributed by atoms with Crippen molar-refractivity contribution in [3.05, 3.63) is 0 Å². The summed E-state index contributed by atoms with van der Waals surface area (Å²) in [6.45, 7) is 7.19. The summed E-state index contributed by atoms with van der Waals surface area (Å²) in [5.41, 5.74) is 0. The zero-order valence-electron chi connectivity index (χ0n) is 8.59. The minimum Gasteiger partial charge on any atom is -0.213 e. The van der Waals surface area contributed by atoms with Gasteiger partial charge in [-0.1, -0.05) is 6.92 Å². The lowest BCUT2D eigenvalue weighted by molar-refractivity contribution is 0.543. The van der Waals surface area contributed by atoms with Crippen LogP contribution in [0.5, 0.6) is 0 Å². The average molecular weight is 228 g/mol. The van der Waals surface area contributed by atoms with E-state index in [1.807, 2.05) is 6.92 Å². The molecule has 0 fully saturated rings. The van der Waals surface area contributed by atoms with Gasteiger partial charge in [0.25, 0.3) is 0 Å². The quantitative estimate of drug-likeness (QED) is 0.744. The molecule has 0 saturated heterocycles. The van der Waals surface area contributed by atoms with Crippen molar-refractivity contribution in [3.63, 3.8) is 0 Å². The van der Waals surface area contributed by atoms with Crippen molar-refractivity contribution in [1.29, 1.82) is 0 Å². The Morgan fingerprint density at radius 1 is 1.38 bits per heavy atom. The molecule has 80 valence electrons. The molecule has 0 bridgehead atoms. The molecule has 0 radical (unpaired) electrons. The average Bonchev–Trinajstić information content (AvgIpc) is 1.98. The van der Waals surface area contributed by atoms with Crippen molar-refractivity contribution in [3.8, 4) is 0 Å². The molecule has 0 heterocycles. The number of hydrogen-bond acceptors (Lipinski definition) is 2. The first kappa shape index (κ1) is 13.2. The van der Waals surface area contributed by atoms with Crippen LogP contribution in [0.3, 0.4) is 0 Å². The summed E-state index contributed by atoms with van der Waals surface area (Å²) in [7, 11) is -3.24. The van der Waals surface area contributed by atoms with Gasteiger partial charge in [-0.25, -0.2) is 13.1 Å². The lowest BCUT2D eigenvalue weighted by Crippen LogP contribution is -2.41. The summed E-state index contributed by atoms with van der Waals surface area (Å²) in [6, 6.07) is 0. The summed E-state index contributed by atoms with van der Waals surface area (Å²) in [5, 5.41) is -0.128. The second-order valence-electron chi connectivity index (χ2n) is 3.97. The van der Waals surface area contributed by atoms with Crippen LogP contribution in [-0.2, 0) is 10.0 Å². The number of halogens is 1. The molecule has 3 nitrogen and oxygen atoms in total. The highest BCUT2D eigenvalue weighted by atomic mass is 35.5. The van der Waals surface area contributed by atoms with Gasteiger partial charge in [-0.2, -0.15) is 0 Å². The molecular weight excluding hydrogens is 210 g/mol. The van der Waals surface area contributed by atoms with Crippen LogP contribution in [0.4, 0.5) is 0 Å². The predicted molar refractivity (Wildman–Crippen MR) is 56.6 cm³/mol. The van der Waals surface area contributed by atoms with E-state index in [-0.39, 0.29) is 5.38 Å². The van der Waals surface area contributed by atoms with Gasteiger partial charge in [0.05, 0.1) is 4.75 Å². The van der Waals surface area contributed by atoms with Gasteiger partial charge in [0.2, 0.25) is 10.0 Å². The van der Waals surface area contributed by atoms with Gasteiger partial charge in [0.15, 0.2) is 0 Å². The third-order valence-corrected chi connectivity index (χ3v) is 4.37. The van der Waals surface area contributed by atoms with Gasteiger partial charge in [-0.05, 0) is 27.2 Å². The number of nitrogens with one attached hydrogen (secondary N) is 1. The van der Waals surface area contributed by atoms with E-state index in [1.54, 1.807) is 20.8 Å². The van der Waals surface area contributed by atoms with E-state index in [2.05, 4.69) is 4.72 Å². The molecular formula is C8H18ClNO2S. The Bertz CT molecular complexity index is 243. The molecule has 13 heavy (non-hydrogen) atoms. The third-order valence-electron chi connectivity index (χ3n) is 1.74. The van der Waals surface area contributed by atoms with Gasteiger partial charge in [0.1, 0.15) is 0 Å². The van der Waals surface area contributed by atoms with Crippen molar-refractivity contribution in [1.82, 2.24) is 4.72 Å². The van der Waals surface area contributed by atoms with E-state index >= 15 is 0 Å². The van der Waals surface area contributed by atoms with Gasteiger partial charge in [-0.3, -0.25) is 0 Å². The Balaban J connectivity index is 4.22. The van der Waals surface area contributed by atoms with Crippen LogP contribution in [0, 0.1) is 0 Å². The van der Waals surface area contributed by atoms with Crippen LogP contribution in [0.2, 0.25) is 0 Å². The van der Waals surface area contributed by atoms with Crippen LogP contribution in [0.25, 0.3) is 0 Å². The molecule has 0 aliphatic rings. The predicted octanol–water partition coefficient (Wildman–Crippen LogP) is 1.72. The van der Waals surface area contributed by atoms with Crippen LogP contribution in [0.1, 0.15) is 34.1 Å². The Morgan fingerprint density at radius 2 is 1.85 bits per heavy atom. The maximum Gasteiger partial charge on any atom is 0.216 e. The van der Waals surface area contributed by atoms with Crippen molar-refractivity contribution in [2.75, 3.05) is 6.54 Å². The maximum absolute atomic E-state index is 11.5. The molecule has 0 rings (SSSR count). The fraction of sp³-hybridized carbons (Fsp3) is 1.00. The van der Waals surface area contributed by atoms with Crippen LogP contribution in [-0.4, -0.2) is 25.1 Å². The maximum atomic E-state index is 11.5. The second kappa shape index (κ2) is 4.62. The first-order valence-electron chi connectivity index (χ1n) is 4.34. The van der Waals surface area contributed by atoms with E-state index in [0.29, 0.717) is 6.54 Å². The number of hydrogen-bond donors (Lipinski definition) is 1. The molecule has 0 aromatic rings. The first-order valence-corrected chi connectivity index (χ1v) is 6.26. The van der Waals surface area contributed by atoms with Gasteiger partial charge >= 0.3 is 0 Å². The molecule has 0 aliphatic carbocycles. The zero-order valence-corrected chi connectivity index (χ0v) is 10.2. The Hall–Kier alpha value is 0.200. The summed E-state index contributed by atoms with van der Waals surface area (Å²) >= 11 is 5.79. The summed E-state index contributed by atoms with van der Waals surface area (Å²) in [4.78, 5) is 0. The zero-order chi connectivity index (χ0) is 10.7. The molecule has 0 aromatic carbocycles. The molecule has 1 atom stereocenters. The fourth-order valence-electron chi connectivity index (χ4n) is 0.561. The molecule has 0 aromatic heterocycles. The fourth-order valence-corrected chi connectivity index (χ4v) is 1.58. The van der Waals surface area contributed by atoms with E-state index in [9.17, 15) is 8.42 Å². The lowest BCUT2D eigenvalue weighted by atomic mass is 10.3. The molecule has 5 heteroatoms. The Kier molecular flexibility index (Phi) is 4.69. The highest BCUT2D eigenvalue weighted by Gasteiger charge is 2.28. The molecule has 0 spiro atoms. The largest absolute Gasteiger partial charge is 0.216 e. The van der Waals surface area contributed by atoms with Crippen LogP contribution < -0.4 is 4.72 Å². The van der Waals surface area contributed by atoms with E-state index in [4.69, 9.17) is 11.6 Å². The van der Waals surface area contributed by atoms with Crippen molar-refractivity contribution < 1.29 is 8.42 Å². The Labute approximate surface area is 85.9 Å². The Morgan fingerprint density at radius 3 is 2.15 bits per heavy atom. The minimum atomic E-state index is -3.24. The van der Waals surface area contributed by atoms with Crippen molar-refractivity contribution in [2.45, 2.75) is 44.2 Å². The number of alkyl halides is 1. The SMILES string of the molecule is CCC(Cl)CNS(=O)(=O)C(C)(C)C. The second-order valence-corrected chi connectivity index (χ2v) is 7.11. The standard InChI is InChI=1S/C8H18ClNO2S/c1-5-7(9)6-10-13(11,12)8(2,3)4/h7,10H,5-6H2,1-4H3. The number of sulfonamides is 1. The molecule has 1 N–H and O–H groups in total. The monoisotopic (exact) mass is 227 g/mol. The van der Waals surface area contributed by atoms with Crippen molar-refractivity contribution in [2.24, 2.45) is 0 Å². The normalized spacial score (nSPS) is 15.8. The van der Waals surface area contributed by atoms with Gasteiger partial charge in [-0.15, -0.1) is 11.6 Å². The van der Waals surface area contributed by atoms with Crippen LogP contribution >= 0.6 is 11.6 Å². The van der Waals surface area contributed by atoms with E-state index < -0.39 is 14.8 Å². The molecule has 0 saturated carbocycles. The summed E-state index contributed by atoms with van der Waals surface area (Å²) < 4.78 is 24.7. The van der Waals surface area contributed by atoms with E-state index in [1.165, 1.54) is 0 Å². The summed E-state index contributed by atoms with van der Waals surface area (Å²) in [6.07, 6.45) is 0.758. The smallest absolute Gasteiger partial charge is 0.213 e. The van der Waals surface area contributed by atoms with Gasteiger partial charge in [0, 0.05) is 11.9 Å². The summed E-state index contributed by atoms with van der Waals surface area (Å²) in [5.74, 6) is 0. The van der Waals surface area contributed by atoms with Crippen LogP contribution in [0.15, 0.2) is 0 Å². The highest BCUT2D eigenvalue weighted by molar-refractivity contribution is 7.90. The topological polar surface area (TPSA) is 46.2 Å². The number of rotatable bonds is 4. The molecule has 1 unspecified atom stereocenters. The molecule has 0 amide bonds.